The zero-order valence-electron chi connectivity index (χ0n) is 21.2. The number of benzene rings is 3. The minimum atomic E-state index is -4.31. The fourth-order valence-corrected chi connectivity index (χ4v) is 6.46. The summed E-state index contributed by atoms with van der Waals surface area (Å²) in [7, 11) is -4.31. The number of sulfonamides is 1. The summed E-state index contributed by atoms with van der Waals surface area (Å²) in [6.07, 6.45) is 6.18. The first-order valence-electron chi connectivity index (χ1n) is 12.7. The van der Waals surface area contributed by atoms with Crippen LogP contribution in [0.15, 0.2) is 59.6 Å². The molecule has 1 aromatic heterocycles. The van der Waals surface area contributed by atoms with Crippen molar-refractivity contribution in [2.45, 2.75) is 56.0 Å². The number of aromatic nitrogens is 2. The van der Waals surface area contributed by atoms with Gasteiger partial charge in [-0.1, -0.05) is 30.7 Å². The van der Waals surface area contributed by atoms with Gasteiger partial charge in [0.15, 0.2) is 11.6 Å². The molecule has 3 aromatic carbocycles. The molecular weight excluding hydrogens is 544 g/mol. The van der Waals surface area contributed by atoms with Crippen LogP contribution in [0.5, 0.6) is 0 Å². The van der Waals surface area contributed by atoms with Crippen molar-refractivity contribution in [3.05, 3.63) is 76.9 Å². The van der Waals surface area contributed by atoms with E-state index in [1.165, 1.54) is 18.2 Å². The largest absolute Gasteiger partial charge is 0.351 e. The molecule has 11 heteroatoms. The molecule has 0 spiro atoms. The maximum atomic E-state index is 15.1. The number of hydrogen-bond acceptors (Lipinski definition) is 6. The summed E-state index contributed by atoms with van der Waals surface area (Å²) >= 11 is 5.97. The van der Waals surface area contributed by atoms with Crippen LogP contribution in [0.4, 0.5) is 20.4 Å². The molecule has 1 aliphatic carbocycles. The molecule has 1 heterocycles. The molecule has 1 saturated carbocycles. The summed E-state index contributed by atoms with van der Waals surface area (Å²) in [5, 5.41) is 4.07. The standard InChI is InChI=1S/C28H28ClF2N5O2S/c1-2-16-11-17(12-19-15-33-28(35-26(16)19)34-21-9-7-20(32)8-10-21)18-13-23(30)27(24(31)14-18)36-39(37,38)25-6-4-3-5-22(25)29/h3-6,11-15,20-21,36H,2,7-10,32H2,1H3,(H,33,34,35)/t20-,21-. The zero-order valence-corrected chi connectivity index (χ0v) is 22.8. The molecule has 0 bridgehead atoms. The van der Waals surface area contributed by atoms with Crippen molar-refractivity contribution in [1.82, 2.24) is 9.97 Å². The van der Waals surface area contributed by atoms with E-state index < -0.39 is 27.3 Å². The number of nitrogens with two attached hydrogens (primary N) is 1. The lowest BCUT2D eigenvalue weighted by Crippen LogP contribution is -2.33. The molecule has 4 aromatic rings. The normalized spacial score (nSPS) is 17.8. The number of rotatable bonds is 7. The Balaban J connectivity index is 1.44. The van der Waals surface area contributed by atoms with Gasteiger partial charge >= 0.3 is 0 Å². The van der Waals surface area contributed by atoms with Crippen molar-refractivity contribution in [3.63, 3.8) is 0 Å². The number of halogens is 3. The summed E-state index contributed by atoms with van der Waals surface area (Å²) < 4.78 is 57.6. The molecule has 5 rings (SSSR count). The van der Waals surface area contributed by atoms with Gasteiger partial charge in [-0.15, -0.1) is 0 Å². The zero-order chi connectivity index (χ0) is 27.7. The molecule has 0 atom stereocenters. The Morgan fingerprint density at radius 1 is 1.03 bits per heavy atom. The van der Waals surface area contributed by atoms with Gasteiger partial charge in [0.25, 0.3) is 10.0 Å². The van der Waals surface area contributed by atoms with Crippen LogP contribution < -0.4 is 15.8 Å². The van der Waals surface area contributed by atoms with Gasteiger partial charge < -0.3 is 11.1 Å². The minimum absolute atomic E-state index is 0.0609. The second-order valence-corrected chi connectivity index (χ2v) is 11.8. The molecule has 0 aliphatic heterocycles. The van der Waals surface area contributed by atoms with Crippen molar-refractivity contribution in [3.8, 4) is 11.1 Å². The third-order valence-electron chi connectivity index (χ3n) is 6.99. The molecule has 0 unspecified atom stereocenters. The Labute approximate surface area is 230 Å². The topological polar surface area (TPSA) is 110 Å². The minimum Gasteiger partial charge on any atom is -0.351 e. The second kappa shape index (κ2) is 11.0. The molecule has 39 heavy (non-hydrogen) atoms. The van der Waals surface area contributed by atoms with Gasteiger partial charge in [-0.25, -0.2) is 27.2 Å². The molecule has 7 nitrogen and oxygen atoms in total. The van der Waals surface area contributed by atoms with Crippen molar-refractivity contribution >= 4 is 44.2 Å². The second-order valence-electron chi connectivity index (χ2n) is 9.73. The smallest absolute Gasteiger partial charge is 0.263 e. The fraction of sp³-hybridized carbons (Fsp3) is 0.286. The third-order valence-corrected chi connectivity index (χ3v) is 8.84. The third kappa shape index (κ3) is 5.83. The SMILES string of the molecule is CCc1cc(-c2cc(F)c(NS(=O)(=O)c3ccccc3Cl)c(F)c2)cc2cnc(N[C@H]3CC[C@H](N)CC3)nc12. The number of aryl methyl sites for hydroxylation is 1. The predicted molar refractivity (Wildman–Crippen MR) is 150 cm³/mol. The van der Waals surface area contributed by atoms with Crippen LogP contribution in [0, 0.1) is 11.6 Å². The van der Waals surface area contributed by atoms with Crippen LogP contribution >= 0.6 is 11.6 Å². The average Bonchev–Trinajstić information content (AvgIpc) is 2.91. The lowest BCUT2D eigenvalue weighted by molar-refractivity contribution is 0.410. The van der Waals surface area contributed by atoms with Gasteiger partial charge in [-0.2, -0.15) is 0 Å². The molecule has 204 valence electrons. The lowest BCUT2D eigenvalue weighted by Gasteiger charge is -2.26. The van der Waals surface area contributed by atoms with E-state index in [1.54, 1.807) is 18.3 Å². The van der Waals surface area contributed by atoms with Gasteiger partial charge in [0.2, 0.25) is 5.95 Å². The van der Waals surface area contributed by atoms with E-state index in [0.29, 0.717) is 17.9 Å². The summed E-state index contributed by atoms with van der Waals surface area (Å²) in [5.41, 5.74) is 7.69. The first-order chi connectivity index (χ1) is 18.6. The number of hydrogen-bond donors (Lipinski definition) is 3. The summed E-state index contributed by atoms with van der Waals surface area (Å²) in [6, 6.07) is 12.0. The van der Waals surface area contributed by atoms with Crippen LogP contribution in [0.1, 0.15) is 38.2 Å². The quantitative estimate of drug-likeness (QED) is 0.241. The first-order valence-corrected chi connectivity index (χ1v) is 14.6. The van der Waals surface area contributed by atoms with E-state index in [-0.39, 0.29) is 27.6 Å². The fourth-order valence-electron chi connectivity index (χ4n) is 4.86. The Morgan fingerprint density at radius 2 is 1.69 bits per heavy atom. The Hall–Kier alpha value is -3.34. The number of fused-ring (bicyclic) bond motifs is 1. The summed E-state index contributed by atoms with van der Waals surface area (Å²) in [5.74, 6) is -1.57. The number of nitrogens with zero attached hydrogens (tertiary/aromatic N) is 2. The summed E-state index contributed by atoms with van der Waals surface area (Å²) in [6.45, 7) is 1.98. The van der Waals surface area contributed by atoms with Crippen molar-refractivity contribution in [2.75, 3.05) is 10.0 Å². The predicted octanol–water partition coefficient (Wildman–Crippen LogP) is 6.27. The molecule has 0 amide bonds. The maximum absolute atomic E-state index is 15.1. The van der Waals surface area contributed by atoms with Crippen LogP contribution in [-0.4, -0.2) is 30.5 Å². The van der Waals surface area contributed by atoms with E-state index in [1.807, 2.05) is 17.7 Å². The molecule has 1 aliphatic rings. The first kappa shape index (κ1) is 27.2. The van der Waals surface area contributed by atoms with Gasteiger partial charge in [0.05, 0.1) is 10.5 Å². The molecule has 1 fully saturated rings. The molecule has 4 N–H and O–H groups in total. The van der Waals surface area contributed by atoms with Crippen molar-refractivity contribution in [1.29, 1.82) is 0 Å². The van der Waals surface area contributed by atoms with Crippen molar-refractivity contribution in [2.24, 2.45) is 5.73 Å². The number of anilines is 2. The van der Waals surface area contributed by atoms with Gasteiger partial charge in [-0.05, 0) is 85.2 Å². The molecular formula is C28H28ClF2N5O2S. The Morgan fingerprint density at radius 3 is 2.36 bits per heavy atom. The van der Waals surface area contributed by atoms with Gasteiger partial charge in [0, 0.05) is 23.7 Å². The van der Waals surface area contributed by atoms with Crippen LogP contribution in [-0.2, 0) is 16.4 Å². The van der Waals surface area contributed by atoms with E-state index in [2.05, 4.69) is 10.3 Å². The average molecular weight is 572 g/mol. The number of nitrogens with one attached hydrogen (secondary N) is 2. The molecule has 0 radical (unpaired) electrons. The van der Waals surface area contributed by atoms with Crippen LogP contribution in [0.3, 0.4) is 0 Å². The van der Waals surface area contributed by atoms with E-state index in [9.17, 15) is 8.42 Å². The highest BCUT2D eigenvalue weighted by molar-refractivity contribution is 7.92. The van der Waals surface area contributed by atoms with Crippen LogP contribution in [0.25, 0.3) is 22.0 Å². The Kier molecular flexibility index (Phi) is 7.70. The highest BCUT2D eigenvalue weighted by atomic mass is 35.5. The Bertz CT molecular complexity index is 1620. The lowest BCUT2D eigenvalue weighted by atomic mass is 9.92. The highest BCUT2D eigenvalue weighted by Crippen LogP contribution is 2.33. The van der Waals surface area contributed by atoms with Crippen molar-refractivity contribution < 1.29 is 17.2 Å². The monoisotopic (exact) mass is 571 g/mol. The van der Waals surface area contributed by atoms with E-state index in [0.717, 1.165) is 54.3 Å². The molecule has 0 saturated heterocycles. The highest BCUT2D eigenvalue weighted by Gasteiger charge is 2.23. The van der Waals surface area contributed by atoms with E-state index >= 15 is 8.78 Å². The maximum Gasteiger partial charge on any atom is 0.263 e. The van der Waals surface area contributed by atoms with Crippen LogP contribution in [0.2, 0.25) is 5.02 Å². The van der Waals surface area contributed by atoms with Gasteiger partial charge in [0.1, 0.15) is 10.6 Å². The van der Waals surface area contributed by atoms with Gasteiger partial charge in [-0.3, -0.25) is 4.72 Å². The van der Waals surface area contributed by atoms with E-state index in [4.69, 9.17) is 22.3 Å². The summed E-state index contributed by atoms with van der Waals surface area (Å²) in [4.78, 5) is 8.92.